The number of nitrogens with zero attached hydrogens (tertiary/aromatic N) is 1. The lowest BCUT2D eigenvalue weighted by molar-refractivity contribution is -0.144. The van der Waals surface area contributed by atoms with Crippen molar-refractivity contribution in [2.75, 3.05) is 6.61 Å². The van der Waals surface area contributed by atoms with Gasteiger partial charge in [0.15, 0.2) is 0 Å². The van der Waals surface area contributed by atoms with Crippen LogP contribution in [-0.2, 0) is 14.3 Å². The molecule has 1 N–H and O–H groups in total. The average Bonchev–Trinajstić information content (AvgIpc) is 3.15. The molecule has 0 spiro atoms. The monoisotopic (exact) mass is 492 g/mol. The number of esters is 1. The molecule has 0 unspecified atom stereocenters. The number of allylic oxidation sites excluding steroid dienone is 1. The van der Waals surface area contributed by atoms with Gasteiger partial charge in [-0.3, -0.25) is 9.78 Å². The maximum Gasteiger partial charge on any atom is 0.407 e. The van der Waals surface area contributed by atoms with Gasteiger partial charge < -0.3 is 14.8 Å². The molecule has 6 nitrogen and oxygen atoms in total. The fraction of sp³-hybridized carbons (Fsp3) is 0.483. The Balaban J connectivity index is 1.34. The molecule has 7 heteroatoms. The van der Waals surface area contributed by atoms with E-state index in [0.29, 0.717) is 18.4 Å². The molecule has 2 heterocycles. The van der Waals surface area contributed by atoms with Crippen molar-refractivity contribution in [3.63, 3.8) is 0 Å². The molecule has 1 amide bonds. The van der Waals surface area contributed by atoms with Crippen molar-refractivity contribution in [2.24, 2.45) is 29.6 Å². The molecule has 2 aliphatic carbocycles. The normalized spacial score (nSPS) is 31.4. The largest absolute Gasteiger partial charge is 0.462 e. The van der Waals surface area contributed by atoms with E-state index in [2.05, 4.69) is 16.4 Å². The summed E-state index contributed by atoms with van der Waals surface area (Å²) < 4.78 is 24.3. The first kappa shape index (κ1) is 24.5. The van der Waals surface area contributed by atoms with Gasteiger partial charge in [0.25, 0.3) is 0 Å². The highest BCUT2D eigenvalue weighted by Crippen LogP contribution is 2.53. The van der Waals surface area contributed by atoms with Gasteiger partial charge in [0.1, 0.15) is 11.9 Å². The van der Waals surface area contributed by atoms with Gasteiger partial charge >= 0.3 is 12.1 Å². The number of cyclic esters (lactones) is 1. The van der Waals surface area contributed by atoms with Crippen LogP contribution in [0.3, 0.4) is 0 Å². The van der Waals surface area contributed by atoms with E-state index in [1.807, 2.05) is 31.2 Å². The topological polar surface area (TPSA) is 77.5 Å². The summed E-state index contributed by atoms with van der Waals surface area (Å²) in [5, 5.41) is 3.00. The minimum absolute atomic E-state index is 0.0679. The van der Waals surface area contributed by atoms with Crippen molar-refractivity contribution in [3.05, 3.63) is 60.2 Å². The van der Waals surface area contributed by atoms with Gasteiger partial charge in [-0.2, -0.15) is 0 Å². The van der Waals surface area contributed by atoms with Gasteiger partial charge in [-0.15, -0.1) is 0 Å². The molecule has 190 valence electrons. The van der Waals surface area contributed by atoms with E-state index < -0.39 is 0 Å². The number of carbonyl (C=O) groups is 2. The quantitative estimate of drug-likeness (QED) is 0.548. The van der Waals surface area contributed by atoms with Gasteiger partial charge in [0, 0.05) is 23.7 Å². The number of benzene rings is 1. The molecule has 36 heavy (non-hydrogen) atoms. The molecular weight excluding hydrogens is 459 g/mol. The zero-order valence-electron chi connectivity index (χ0n) is 20.7. The third-order valence-electron chi connectivity index (χ3n) is 8.18. The van der Waals surface area contributed by atoms with Crippen LogP contribution in [0.15, 0.2) is 48.7 Å². The van der Waals surface area contributed by atoms with Crippen molar-refractivity contribution in [2.45, 2.75) is 51.7 Å². The first-order valence-corrected chi connectivity index (χ1v) is 13.0. The number of hydrogen-bond donors (Lipinski definition) is 1. The third kappa shape index (κ3) is 5.01. The van der Waals surface area contributed by atoms with E-state index in [4.69, 9.17) is 9.47 Å². The van der Waals surface area contributed by atoms with Crippen LogP contribution in [0.4, 0.5) is 9.18 Å². The highest BCUT2D eigenvalue weighted by Gasteiger charge is 2.54. The number of hydrogen-bond acceptors (Lipinski definition) is 5. The van der Waals surface area contributed by atoms with E-state index in [1.165, 1.54) is 12.1 Å². The predicted octanol–water partition coefficient (Wildman–Crippen LogP) is 5.63. The average molecular weight is 493 g/mol. The minimum atomic E-state index is -0.368. The third-order valence-corrected chi connectivity index (χ3v) is 8.18. The number of alkyl carbamates (subject to hydrolysis) is 1. The molecule has 5 rings (SSSR count). The number of rotatable bonds is 5. The zero-order valence-corrected chi connectivity index (χ0v) is 20.7. The highest BCUT2D eigenvalue weighted by atomic mass is 19.1. The summed E-state index contributed by atoms with van der Waals surface area (Å²) in [4.78, 5) is 29.2. The van der Waals surface area contributed by atoms with Gasteiger partial charge in [-0.05, 0) is 87.1 Å². The smallest absolute Gasteiger partial charge is 0.407 e. The molecule has 2 saturated carbocycles. The van der Waals surface area contributed by atoms with Crippen LogP contribution in [0.25, 0.3) is 17.2 Å². The summed E-state index contributed by atoms with van der Waals surface area (Å²) in [5.41, 5.74) is 2.48. The lowest BCUT2D eigenvalue weighted by Gasteiger charge is -2.47. The Morgan fingerprint density at radius 3 is 2.83 bits per heavy atom. The summed E-state index contributed by atoms with van der Waals surface area (Å²) in [7, 11) is 0. The standard InChI is InChI=1S/C29H33FN2O4/c1-3-35-29(34)32-23-10-11-24-20(14-23)15-26-27(17(2)36-28(26)33)25(24)12-9-22-8-7-19(16-31-22)18-5-4-6-21(30)13-18/h4-9,12-13,16-17,20,23-27H,3,10-11,14-15H2,1-2H3,(H,32,34)/b12-9+/t17-,20-,23+,24+,25+,26+,27+/m0/s1. The Morgan fingerprint density at radius 2 is 2.08 bits per heavy atom. The van der Waals surface area contributed by atoms with Crippen LogP contribution in [0.2, 0.25) is 0 Å². The number of fused-ring (bicyclic) bond motifs is 2. The fourth-order valence-corrected chi connectivity index (χ4v) is 6.64. The SMILES string of the molecule is CCOC(=O)N[C@@H]1CC[C@@H]2[C@@H](C1)C[C@H]1C(=O)O[C@@H](C)[C@@H]1[C@@H]2/C=C/c1ccc(-c2cccc(F)c2)cn1. The molecule has 1 saturated heterocycles. The lowest BCUT2D eigenvalue weighted by atomic mass is 9.57. The number of halogens is 1. The minimum Gasteiger partial charge on any atom is -0.462 e. The van der Waals surface area contributed by atoms with Gasteiger partial charge in [0.2, 0.25) is 0 Å². The second-order valence-electron chi connectivity index (χ2n) is 10.3. The van der Waals surface area contributed by atoms with Crippen molar-refractivity contribution in [1.29, 1.82) is 0 Å². The second kappa shape index (κ2) is 10.4. The number of ether oxygens (including phenoxy) is 2. The van der Waals surface area contributed by atoms with Crippen LogP contribution in [0.1, 0.15) is 45.2 Å². The van der Waals surface area contributed by atoms with Crippen molar-refractivity contribution in [3.8, 4) is 11.1 Å². The summed E-state index contributed by atoms with van der Waals surface area (Å²) >= 11 is 0. The number of pyridine rings is 1. The van der Waals surface area contributed by atoms with Crippen molar-refractivity contribution >= 4 is 18.1 Å². The Kier molecular flexibility index (Phi) is 7.08. The van der Waals surface area contributed by atoms with E-state index in [1.54, 1.807) is 19.2 Å². The first-order chi connectivity index (χ1) is 17.4. The molecule has 1 aliphatic heterocycles. The van der Waals surface area contributed by atoms with Gasteiger partial charge in [-0.1, -0.05) is 24.3 Å². The fourth-order valence-electron chi connectivity index (χ4n) is 6.64. The highest BCUT2D eigenvalue weighted by molar-refractivity contribution is 5.75. The molecule has 7 atom stereocenters. The molecule has 3 fully saturated rings. The summed E-state index contributed by atoms with van der Waals surface area (Å²) in [6.45, 7) is 4.15. The summed E-state index contributed by atoms with van der Waals surface area (Å²) in [6, 6.07) is 10.4. The van der Waals surface area contributed by atoms with Gasteiger partial charge in [-0.25, -0.2) is 9.18 Å². The van der Waals surface area contributed by atoms with Crippen LogP contribution in [-0.4, -0.2) is 35.8 Å². The Morgan fingerprint density at radius 1 is 1.22 bits per heavy atom. The van der Waals surface area contributed by atoms with Crippen molar-refractivity contribution in [1.82, 2.24) is 10.3 Å². The number of amides is 1. The van der Waals surface area contributed by atoms with E-state index >= 15 is 0 Å². The summed E-state index contributed by atoms with van der Waals surface area (Å²) in [6.07, 6.45) is 9.07. The van der Waals surface area contributed by atoms with Crippen molar-refractivity contribution < 1.29 is 23.5 Å². The van der Waals surface area contributed by atoms with Crippen LogP contribution in [0, 0.1) is 35.4 Å². The number of nitrogens with one attached hydrogen (secondary N) is 1. The van der Waals surface area contributed by atoms with E-state index in [9.17, 15) is 14.0 Å². The van der Waals surface area contributed by atoms with Crippen LogP contribution < -0.4 is 5.32 Å². The maximum absolute atomic E-state index is 13.6. The molecule has 2 aromatic rings. The molecule has 0 radical (unpaired) electrons. The molecule has 0 bridgehead atoms. The predicted molar refractivity (Wildman–Crippen MR) is 134 cm³/mol. The molecule has 1 aromatic carbocycles. The number of aromatic nitrogens is 1. The second-order valence-corrected chi connectivity index (χ2v) is 10.3. The molecule has 1 aromatic heterocycles. The van der Waals surface area contributed by atoms with E-state index in [-0.39, 0.29) is 47.8 Å². The molecular formula is C29H33FN2O4. The van der Waals surface area contributed by atoms with Gasteiger partial charge in [0.05, 0.1) is 18.2 Å². The summed E-state index contributed by atoms with van der Waals surface area (Å²) in [5.74, 6) is 0.629. The number of carbonyl (C=O) groups excluding carboxylic acids is 2. The zero-order chi connectivity index (χ0) is 25.2. The van der Waals surface area contributed by atoms with E-state index in [0.717, 1.165) is 42.5 Å². The Hall–Kier alpha value is -3.22. The first-order valence-electron chi connectivity index (χ1n) is 13.0. The maximum atomic E-state index is 13.6. The Bertz CT molecular complexity index is 1130. The van der Waals surface area contributed by atoms with Crippen LogP contribution in [0.5, 0.6) is 0 Å². The molecule has 3 aliphatic rings. The lowest BCUT2D eigenvalue weighted by Crippen LogP contribution is -2.48. The van der Waals surface area contributed by atoms with Crippen LogP contribution >= 0.6 is 0 Å². The Labute approximate surface area is 211 Å².